The molecule has 42 heavy (non-hydrogen) atoms. The van der Waals surface area contributed by atoms with Crippen molar-refractivity contribution in [1.29, 1.82) is 0 Å². The van der Waals surface area contributed by atoms with Crippen LogP contribution >= 0.6 is 22.7 Å². The van der Waals surface area contributed by atoms with Crippen LogP contribution in [0.3, 0.4) is 0 Å². The molecule has 0 atom stereocenters. The molecule has 1 fully saturated rings. The Morgan fingerprint density at radius 1 is 0.762 bits per heavy atom. The van der Waals surface area contributed by atoms with E-state index >= 15 is 0 Å². The average molecular weight is 593 g/mol. The maximum atomic E-state index is 4.42. The lowest BCUT2D eigenvalue weighted by molar-refractivity contribution is 0.949. The molecule has 0 unspecified atom stereocenters. The van der Waals surface area contributed by atoms with Gasteiger partial charge in [0.05, 0.1) is 16.4 Å². The molecular formula is C32H32N8S2. The third-order valence-corrected chi connectivity index (χ3v) is 8.77. The zero-order valence-electron chi connectivity index (χ0n) is 23.5. The highest BCUT2D eigenvalue weighted by atomic mass is 32.1. The van der Waals surface area contributed by atoms with Crippen molar-refractivity contribution in [2.24, 2.45) is 10.2 Å². The van der Waals surface area contributed by atoms with Crippen molar-refractivity contribution in [3.63, 3.8) is 0 Å². The lowest BCUT2D eigenvalue weighted by atomic mass is 10.1. The van der Waals surface area contributed by atoms with Gasteiger partial charge in [-0.15, -0.1) is 20.4 Å². The summed E-state index contributed by atoms with van der Waals surface area (Å²) in [6.07, 6.45) is 6.52. The standard InChI is InChI=1S/C32H32N8S2/c1-22-21-26(34-36-29-16-17-31(41-29)40-18-6-7-19-40)12-13-27(22)33-25-11-14-28(23(2)20-25)35-38-32-39-37-30(42-32)15-10-24-8-4-3-5-9-24/h3-5,8-17,20-21,33-34,36H,6-7,18-19H2,1-2H3. The first kappa shape index (κ1) is 27.6. The van der Waals surface area contributed by atoms with E-state index in [-0.39, 0.29) is 0 Å². The van der Waals surface area contributed by atoms with Crippen molar-refractivity contribution in [1.82, 2.24) is 10.2 Å². The van der Waals surface area contributed by atoms with Crippen LogP contribution in [0.15, 0.2) is 89.1 Å². The Bertz CT molecular complexity index is 1700. The molecule has 0 saturated carbocycles. The molecule has 3 N–H and O–H groups in total. The van der Waals surface area contributed by atoms with E-state index in [1.54, 1.807) is 11.3 Å². The molecule has 0 radical (unpaired) electrons. The number of hydrazine groups is 1. The van der Waals surface area contributed by atoms with Crippen LogP contribution in [0.2, 0.25) is 0 Å². The van der Waals surface area contributed by atoms with Gasteiger partial charge in [0.2, 0.25) is 0 Å². The maximum Gasteiger partial charge on any atom is 0.252 e. The van der Waals surface area contributed by atoms with Crippen molar-refractivity contribution >= 4 is 72.7 Å². The number of benzene rings is 3. The summed E-state index contributed by atoms with van der Waals surface area (Å²) in [5.74, 6) is 0. The number of anilines is 5. The van der Waals surface area contributed by atoms with Gasteiger partial charge in [-0.05, 0) is 98.0 Å². The van der Waals surface area contributed by atoms with Crippen molar-refractivity contribution in [3.05, 3.63) is 101 Å². The second-order valence-electron chi connectivity index (χ2n) is 10.1. The lowest BCUT2D eigenvalue weighted by Crippen LogP contribution is -2.15. The molecule has 3 heterocycles. The molecule has 1 saturated heterocycles. The van der Waals surface area contributed by atoms with Gasteiger partial charge in [-0.1, -0.05) is 59.1 Å². The Kier molecular flexibility index (Phi) is 8.53. The molecule has 10 heteroatoms. The highest BCUT2D eigenvalue weighted by molar-refractivity contribution is 7.20. The summed E-state index contributed by atoms with van der Waals surface area (Å²) in [4.78, 5) is 2.46. The van der Waals surface area contributed by atoms with Gasteiger partial charge >= 0.3 is 0 Å². The first-order valence-corrected chi connectivity index (χ1v) is 15.6. The third kappa shape index (κ3) is 7.02. The summed E-state index contributed by atoms with van der Waals surface area (Å²) in [5.41, 5.74) is 13.8. The van der Waals surface area contributed by atoms with Gasteiger partial charge in [-0.2, -0.15) is 0 Å². The minimum Gasteiger partial charge on any atom is -0.363 e. The quantitative estimate of drug-likeness (QED) is 0.111. The number of hydrogen-bond donors (Lipinski definition) is 3. The van der Waals surface area contributed by atoms with Crippen molar-refractivity contribution in [3.8, 4) is 0 Å². The van der Waals surface area contributed by atoms with Crippen LogP contribution < -0.4 is 21.1 Å². The number of azo groups is 1. The molecule has 3 aromatic carbocycles. The lowest BCUT2D eigenvalue weighted by Gasteiger charge is -2.15. The smallest absolute Gasteiger partial charge is 0.252 e. The molecule has 1 aliphatic heterocycles. The van der Waals surface area contributed by atoms with Gasteiger partial charge < -0.3 is 15.6 Å². The molecule has 1 aliphatic rings. The molecular weight excluding hydrogens is 561 g/mol. The number of aromatic nitrogens is 2. The van der Waals surface area contributed by atoms with Gasteiger partial charge in [0.25, 0.3) is 5.13 Å². The third-order valence-electron chi connectivity index (χ3n) is 6.93. The molecule has 8 nitrogen and oxygen atoms in total. The normalized spacial score (nSPS) is 13.3. The zero-order chi connectivity index (χ0) is 28.7. The van der Waals surface area contributed by atoms with Gasteiger partial charge in [-0.25, -0.2) is 0 Å². The number of thiophene rings is 1. The SMILES string of the molecule is Cc1cc(Nc2ccc(NNc3ccc(N4CCCC4)s3)cc2C)ccc1N=Nc1nnc(C=Cc2ccccc2)s1. The second-order valence-corrected chi connectivity index (χ2v) is 12.2. The molecule has 0 bridgehead atoms. The monoisotopic (exact) mass is 592 g/mol. The van der Waals surface area contributed by atoms with Crippen molar-refractivity contribution in [2.45, 2.75) is 26.7 Å². The van der Waals surface area contributed by atoms with Crippen LogP contribution in [-0.2, 0) is 0 Å². The van der Waals surface area contributed by atoms with Crippen LogP contribution in [0.1, 0.15) is 34.5 Å². The van der Waals surface area contributed by atoms with Gasteiger partial charge in [-0.3, -0.25) is 5.43 Å². The Labute approximate surface area is 253 Å². The number of aryl methyl sites for hydroxylation is 2. The fourth-order valence-electron chi connectivity index (χ4n) is 4.68. The Morgan fingerprint density at radius 3 is 2.38 bits per heavy atom. The summed E-state index contributed by atoms with van der Waals surface area (Å²) in [6.45, 7) is 6.45. The van der Waals surface area contributed by atoms with Gasteiger partial charge in [0.15, 0.2) is 0 Å². The summed E-state index contributed by atoms with van der Waals surface area (Å²) in [6, 6.07) is 26.8. The highest BCUT2D eigenvalue weighted by Gasteiger charge is 2.14. The number of nitrogens with one attached hydrogen (secondary N) is 3. The highest BCUT2D eigenvalue weighted by Crippen LogP contribution is 2.33. The number of rotatable bonds is 10. The van der Waals surface area contributed by atoms with Crippen LogP contribution in [0, 0.1) is 13.8 Å². The zero-order valence-corrected chi connectivity index (χ0v) is 25.2. The van der Waals surface area contributed by atoms with Crippen LogP contribution in [0.5, 0.6) is 0 Å². The molecule has 0 aliphatic carbocycles. The summed E-state index contributed by atoms with van der Waals surface area (Å²) >= 11 is 3.18. The van der Waals surface area contributed by atoms with E-state index < -0.39 is 0 Å². The molecule has 5 aromatic rings. The molecule has 0 spiro atoms. The number of hydrogen-bond acceptors (Lipinski definition) is 10. The van der Waals surface area contributed by atoms with Crippen LogP contribution in [0.25, 0.3) is 12.2 Å². The number of nitrogens with zero attached hydrogens (tertiary/aromatic N) is 5. The molecule has 6 rings (SSSR count). The van der Waals surface area contributed by atoms with E-state index in [2.05, 4.69) is 84.8 Å². The fourth-order valence-corrected chi connectivity index (χ4v) is 6.16. The Balaban J connectivity index is 1.04. The predicted octanol–water partition coefficient (Wildman–Crippen LogP) is 9.59. The summed E-state index contributed by atoms with van der Waals surface area (Å²) in [5, 5.41) is 24.3. The average Bonchev–Trinajstić information content (AvgIpc) is 3.79. The minimum atomic E-state index is 0.522. The first-order valence-electron chi connectivity index (χ1n) is 13.9. The second kappa shape index (κ2) is 13.0. The first-order chi connectivity index (χ1) is 20.6. The van der Waals surface area contributed by atoms with E-state index in [1.807, 2.05) is 61.5 Å². The van der Waals surface area contributed by atoms with Crippen LogP contribution in [-0.4, -0.2) is 23.3 Å². The predicted molar refractivity (Wildman–Crippen MR) is 178 cm³/mol. The molecule has 0 amide bonds. The largest absolute Gasteiger partial charge is 0.363 e. The van der Waals surface area contributed by atoms with Gasteiger partial charge in [0, 0.05) is 24.5 Å². The van der Waals surface area contributed by atoms with Crippen LogP contribution in [0.4, 0.5) is 37.9 Å². The Hall–Kier alpha value is -4.54. The minimum absolute atomic E-state index is 0.522. The Morgan fingerprint density at radius 2 is 1.57 bits per heavy atom. The van der Waals surface area contributed by atoms with Gasteiger partial charge in [0.1, 0.15) is 10.0 Å². The van der Waals surface area contributed by atoms with Crippen molar-refractivity contribution < 1.29 is 0 Å². The summed E-state index contributed by atoms with van der Waals surface area (Å²) < 4.78 is 0. The topological polar surface area (TPSA) is 89.8 Å². The van der Waals surface area contributed by atoms with E-state index in [4.69, 9.17) is 0 Å². The van der Waals surface area contributed by atoms with Crippen molar-refractivity contribution in [2.75, 3.05) is 34.2 Å². The van der Waals surface area contributed by atoms with E-state index in [0.717, 1.165) is 62.5 Å². The molecule has 212 valence electrons. The van der Waals surface area contributed by atoms with E-state index in [1.165, 1.54) is 29.2 Å². The molecule has 2 aromatic heterocycles. The summed E-state index contributed by atoms with van der Waals surface area (Å²) in [7, 11) is 0. The van der Waals surface area contributed by atoms with E-state index in [0.29, 0.717) is 5.13 Å². The van der Waals surface area contributed by atoms with E-state index in [9.17, 15) is 0 Å². The maximum absolute atomic E-state index is 4.42. The fraction of sp³-hybridized carbons (Fsp3) is 0.188.